The van der Waals surface area contributed by atoms with Gasteiger partial charge in [0, 0.05) is 11.5 Å². The molecule has 117 valence electrons. The number of nitrogens with zero attached hydrogens (tertiary/aromatic N) is 1. The minimum Gasteiger partial charge on any atom is -0.443 e. The van der Waals surface area contributed by atoms with Crippen LogP contribution < -0.4 is 0 Å². The van der Waals surface area contributed by atoms with Gasteiger partial charge in [-0.25, -0.2) is 9.36 Å². The van der Waals surface area contributed by atoms with Crippen molar-refractivity contribution >= 4 is 17.0 Å². The molecule has 3 nitrogen and oxygen atoms in total. The van der Waals surface area contributed by atoms with Crippen LogP contribution in [0.3, 0.4) is 0 Å². The Balaban J connectivity index is 2.22. The zero-order chi connectivity index (χ0) is 16.6. The Bertz CT molecular complexity index is 854. The van der Waals surface area contributed by atoms with Crippen LogP contribution in [0.2, 0.25) is 0 Å². The maximum absolute atomic E-state index is 12.7. The maximum atomic E-state index is 12.7. The Hall–Kier alpha value is -2.55. The molecule has 0 aliphatic carbocycles. The van der Waals surface area contributed by atoms with Gasteiger partial charge in [-0.1, -0.05) is 30.3 Å². The lowest BCUT2D eigenvalue weighted by Gasteiger charge is -2.21. The van der Waals surface area contributed by atoms with Gasteiger partial charge in [-0.15, -0.1) is 0 Å². The monoisotopic (exact) mass is 306 g/mol. The fraction of sp³-hybridized carbons (Fsp3) is 0.250. The van der Waals surface area contributed by atoms with Gasteiger partial charge in [0.15, 0.2) is 0 Å². The molecule has 0 spiro atoms. The van der Waals surface area contributed by atoms with Crippen molar-refractivity contribution < 1.29 is 9.53 Å². The molecule has 3 rings (SSSR count). The van der Waals surface area contributed by atoms with Gasteiger partial charge in [0.2, 0.25) is 0 Å². The van der Waals surface area contributed by atoms with Gasteiger partial charge < -0.3 is 4.74 Å². The highest BCUT2D eigenvalue weighted by Gasteiger charge is 2.22. The van der Waals surface area contributed by atoms with Crippen molar-refractivity contribution in [3.8, 4) is 11.3 Å². The SMILES string of the molecule is Cc1c[c]c2c(c1)cc(-c1ccccc1)n2C(=O)OC(C)(C)C. The van der Waals surface area contributed by atoms with E-state index in [1.54, 1.807) is 4.57 Å². The van der Waals surface area contributed by atoms with Gasteiger partial charge in [0.25, 0.3) is 0 Å². The molecular weight excluding hydrogens is 286 g/mol. The molecule has 3 aromatic rings. The standard InChI is InChI=1S/C20H20NO2/c1-14-10-11-17-16(12-14)13-18(15-8-6-5-7-9-15)21(17)19(22)23-20(2,3)4/h5-10,12-13H,1-4H3. The zero-order valence-electron chi connectivity index (χ0n) is 13.9. The molecule has 1 heterocycles. The molecule has 0 aliphatic rings. The summed E-state index contributed by atoms with van der Waals surface area (Å²) in [4.78, 5) is 12.7. The first kappa shape index (κ1) is 15.3. The van der Waals surface area contributed by atoms with Crippen LogP contribution in [-0.4, -0.2) is 16.3 Å². The largest absolute Gasteiger partial charge is 0.443 e. The molecule has 1 radical (unpaired) electrons. The topological polar surface area (TPSA) is 31.2 Å². The Kier molecular flexibility index (Phi) is 3.72. The van der Waals surface area contributed by atoms with E-state index < -0.39 is 5.60 Å². The lowest BCUT2D eigenvalue weighted by molar-refractivity contribution is 0.0547. The van der Waals surface area contributed by atoms with Gasteiger partial charge in [-0.05, 0) is 57.0 Å². The minimum absolute atomic E-state index is 0.383. The molecular formula is C20H20NO2. The molecule has 3 heteroatoms. The summed E-state index contributed by atoms with van der Waals surface area (Å²) in [5, 5.41) is 0.981. The summed E-state index contributed by atoms with van der Waals surface area (Å²) in [6, 6.07) is 19.0. The highest BCUT2D eigenvalue weighted by atomic mass is 16.6. The third-order valence-electron chi connectivity index (χ3n) is 3.50. The van der Waals surface area contributed by atoms with Crippen LogP contribution in [-0.2, 0) is 4.74 Å². The number of carbonyl (C=O) groups excluding carboxylic acids is 1. The number of benzene rings is 2. The Morgan fingerprint density at radius 3 is 2.48 bits per heavy atom. The summed E-state index contributed by atoms with van der Waals surface area (Å²) in [6.07, 6.45) is -0.383. The van der Waals surface area contributed by atoms with Gasteiger partial charge in [0.05, 0.1) is 11.2 Å². The van der Waals surface area contributed by atoms with Crippen LogP contribution in [0.4, 0.5) is 4.79 Å². The lowest BCUT2D eigenvalue weighted by atomic mass is 10.1. The van der Waals surface area contributed by atoms with Crippen LogP contribution in [0.1, 0.15) is 26.3 Å². The normalized spacial score (nSPS) is 11.7. The van der Waals surface area contributed by atoms with Crippen molar-refractivity contribution in [3.63, 3.8) is 0 Å². The molecule has 0 aliphatic heterocycles. The minimum atomic E-state index is -0.549. The van der Waals surface area contributed by atoms with E-state index in [0.29, 0.717) is 0 Å². The summed E-state index contributed by atoms with van der Waals surface area (Å²) >= 11 is 0. The second-order valence-corrected chi connectivity index (χ2v) is 6.69. The fourth-order valence-electron chi connectivity index (χ4n) is 2.58. The average Bonchev–Trinajstić information content (AvgIpc) is 2.85. The van der Waals surface area contributed by atoms with Crippen molar-refractivity contribution in [2.75, 3.05) is 0 Å². The van der Waals surface area contributed by atoms with Crippen molar-refractivity contribution in [1.82, 2.24) is 4.57 Å². The summed E-state index contributed by atoms with van der Waals surface area (Å²) in [7, 11) is 0. The van der Waals surface area contributed by atoms with Crippen LogP contribution in [0.5, 0.6) is 0 Å². The molecule has 23 heavy (non-hydrogen) atoms. The number of rotatable bonds is 1. The van der Waals surface area contributed by atoms with E-state index in [0.717, 1.165) is 27.7 Å². The fourth-order valence-corrected chi connectivity index (χ4v) is 2.58. The Morgan fingerprint density at radius 1 is 1.13 bits per heavy atom. The van der Waals surface area contributed by atoms with Gasteiger partial charge in [-0.2, -0.15) is 0 Å². The summed E-state index contributed by atoms with van der Waals surface area (Å²) in [5.74, 6) is 0. The van der Waals surface area contributed by atoms with Crippen molar-refractivity contribution in [3.05, 3.63) is 60.2 Å². The number of fused-ring (bicyclic) bond motifs is 1. The van der Waals surface area contributed by atoms with E-state index in [4.69, 9.17) is 4.74 Å². The van der Waals surface area contributed by atoms with Crippen LogP contribution in [0.15, 0.2) is 48.5 Å². The number of ether oxygens (including phenoxy) is 1. The van der Waals surface area contributed by atoms with E-state index >= 15 is 0 Å². The third-order valence-corrected chi connectivity index (χ3v) is 3.50. The smallest absolute Gasteiger partial charge is 0.419 e. The van der Waals surface area contributed by atoms with Crippen LogP contribution in [0.25, 0.3) is 22.2 Å². The highest BCUT2D eigenvalue weighted by molar-refractivity contribution is 5.96. The molecule has 0 saturated carbocycles. The van der Waals surface area contributed by atoms with Crippen molar-refractivity contribution in [2.24, 2.45) is 0 Å². The number of hydrogen-bond acceptors (Lipinski definition) is 2. The first-order valence-electron chi connectivity index (χ1n) is 7.68. The van der Waals surface area contributed by atoms with Gasteiger partial charge in [0.1, 0.15) is 5.60 Å². The summed E-state index contributed by atoms with van der Waals surface area (Å²) in [6.45, 7) is 7.62. The van der Waals surface area contributed by atoms with E-state index in [1.165, 1.54) is 0 Å². The predicted octanol–water partition coefficient (Wildman–Crippen LogP) is 5.20. The number of aryl methyl sites for hydroxylation is 1. The van der Waals surface area contributed by atoms with Crippen molar-refractivity contribution in [2.45, 2.75) is 33.3 Å². The third kappa shape index (κ3) is 3.14. The number of carbonyl (C=O) groups is 1. The first-order valence-corrected chi connectivity index (χ1v) is 7.68. The number of aromatic nitrogens is 1. The molecule has 0 atom stereocenters. The molecule has 0 saturated heterocycles. The molecule has 0 unspecified atom stereocenters. The average molecular weight is 306 g/mol. The van der Waals surface area contributed by atoms with E-state index in [2.05, 4.69) is 12.1 Å². The molecule has 0 fully saturated rings. The molecule has 1 aromatic heterocycles. The maximum Gasteiger partial charge on any atom is 0.419 e. The molecule has 0 N–H and O–H groups in total. The first-order chi connectivity index (χ1) is 10.8. The van der Waals surface area contributed by atoms with E-state index in [9.17, 15) is 4.79 Å². The quantitative estimate of drug-likeness (QED) is 0.618. The lowest BCUT2D eigenvalue weighted by Crippen LogP contribution is -2.27. The summed E-state index contributed by atoms with van der Waals surface area (Å²) < 4.78 is 7.19. The van der Waals surface area contributed by atoms with E-state index in [1.807, 2.05) is 70.2 Å². The van der Waals surface area contributed by atoms with E-state index in [-0.39, 0.29) is 6.09 Å². The summed E-state index contributed by atoms with van der Waals surface area (Å²) in [5.41, 5.74) is 3.09. The second kappa shape index (κ2) is 5.58. The number of hydrogen-bond donors (Lipinski definition) is 0. The van der Waals surface area contributed by atoms with Gasteiger partial charge >= 0.3 is 6.09 Å². The highest BCUT2D eigenvalue weighted by Crippen LogP contribution is 2.29. The molecule has 0 amide bonds. The van der Waals surface area contributed by atoms with Crippen LogP contribution >= 0.6 is 0 Å². The Labute approximate surface area is 136 Å². The van der Waals surface area contributed by atoms with Gasteiger partial charge in [-0.3, -0.25) is 0 Å². The molecule has 2 aromatic carbocycles. The predicted molar refractivity (Wildman–Crippen MR) is 92.6 cm³/mol. The zero-order valence-corrected chi connectivity index (χ0v) is 13.9. The second-order valence-electron chi connectivity index (χ2n) is 6.69. The van der Waals surface area contributed by atoms with Crippen LogP contribution in [0, 0.1) is 13.0 Å². The Morgan fingerprint density at radius 2 is 1.83 bits per heavy atom. The molecule has 0 bridgehead atoms. The van der Waals surface area contributed by atoms with Crippen molar-refractivity contribution in [1.29, 1.82) is 0 Å².